The van der Waals surface area contributed by atoms with E-state index >= 15 is 0 Å². The van der Waals surface area contributed by atoms with Crippen molar-refractivity contribution in [3.8, 4) is 5.75 Å². The number of amides is 1. The van der Waals surface area contributed by atoms with Crippen molar-refractivity contribution < 1.29 is 9.53 Å². The Morgan fingerprint density at radius 3 is 2.58 bits per heavy atom. The highest BCUT2D eigenvalue weighted by Gasteiger charge is 2.35. The highest BCUT2D eigenvalue weighted by atomic mass is 16.6. The fourth-order valence-corrected chi connectivity index (χ4v) is 4.09. The van der Waals surface area contributed by atoms with E-state index < -0.39 is 0 Å². The molecule has 2 aliphatic rings. The van der Waals surface area contributed by atoms with Gasteiger partial charge in [0.05, 0.1) is 0 Å². The van der Waals surface area contributed by atoms with Crippen LogP contribution in [0, 0.1) is 0 Å². The lowest BCUT2D eigenvalue weighted by Crippen LogP contribution is -2.48. The van der Waals surface area contributed by atoms with Gasteiger partial charge in [-0.05, 0) is 37.3 Å². The lowest BCUT2D eigenvalue weighted by molar-refractivity contribution is 0.110. The van der Waals surface area contributed by atoms with Gasteiger partial charge < -0.3 is 15.0 Å². The molecule has 1 saturated heterocycles. The molecule has 1 saturated carbocycles. The van der Waals surface area contributed by atoms with Gasteiger partial charge in [-0.25, -0.2) is 4.79 Å². The third-order valence-corrected chi connectivity index (χ3v) is 5.30. The number of nitrogens with one attached hydrogen (secondary N) is 1. The zero-order valence-corrected chi connectivity index (χ0v) is 13.9. The van der Waals surface area contributed by atoms with E-state index in [1.54, 1.807) is 0 Å². The predicted octanol–water partition coefficient (Wildman–Crippen LogP) is 3.95. The number of fused-ring (bicyclic) bond motifs is 1. The molecular weight excluding hydrogens is 300 g/mol. The van der Waals surface area contributed by atoms with Crippen LogP contribution in [0.25, 0.3) is 10.8 Å². The summed E-state index contributed by atoms with van der Waals surface area (Å²) in [5, 5.41) is 5.46. The molecule has 1 aliphatic carbocycles. The minimum Gasteiger partial charge on any atom is -0.410 e. The Balaban J connectivity index is 1.60. The van der Waals surface area contributed by atoms with Gasteiger partial charge >= 0.3 is 6.09 Å². The van der Waals surface area contributed by atoms with E-state index in [4.69, 9.17) is 4.74 Å². The number of ether oxygens (including phenoxy) is 1. The fourth-order valence-electron chi connectivity index (χ4n) is 4.09. The van der Waals surface area contributed by atoms with E-state index in [0.717, 1.165) is 43.1 Å². The molecule has 4 nitrogen and oxygen atoms in total. The summed E-state index contributed by atoms with van der Waals surface area (Å²) in [6.45, 7) is 1.86. The molecule has 0 bridgehead atoms. The average molecular weight is 324 g/mol. The molecule has 2 aromatic carbocycles. The summed E-state index contributed by atoms with van der Waals surface area (Å²) in [6.07, 6.45) is 5.45. The Kier molecular flexibility index (Phi) is 4.39. The maximum atomic E-state index is 13.0. The van der Waals surface area contributed by atoms with Crippen LogP contribution >= 0.6 is 0 Å². The van der Waals surface area contributed by atoms with Crippen molar-refractivity contribution in [3.63, 3.8) is 0 Å². The van der Waals surface area contributed by atoms with Crippen LogP contribution in [0.5, 0.6) is 5.75 Å². The van der Waals surface area contributed by atoms with Crippen LogP contribution in [0.1, 0.15) is 32.1 Å². The zero-order chi connectivity index (χ0) is 16.4. The van der Waals surface area contributed by atoms with Crippen LogP contribution in [-0.4, -0.2) is 36.2 Å². The highest BCUT2D eigenvalue weighted by molar-refractivity contribution is 5.90. The molecule has 0 aromatic heterocycles. The van der Waals surface area contributed by atoms with Crippen LogP contribution in [0.15, 0.2) is 42.5 Å². The van der Waals surface area contributed by atoms with Gasteiger partial charge in [0.15, 0.2) is 0 Å². The second-order valence-corrected chi connectivity index (χ2v) is 6.84. The standard InChI is InChI=1S/C20H24N2O2/c23-20(22(16-8-2-3-9-16)17-12-13-21-14-17)24-19-11-5-7-15-6-1-4-10-18(15)19/h1,4-7,10-11,16-17,21H,2-3,8-9,12-14H2. The van der Waals surface area contributed by atoms with E-state index in [1.807, 2.05) is 47.4 Å². The van der Waals surface area contributed by atoms with Gasteiger partial charge in [0.1, 0.15) is 5.75 Å². The van der Waals surface area contributed by atoms with Gasteiger partial charge in [-0.15, -0.1) is 0 Å². The van der Waals surface area contributed by atoms with Gasteiger partial charge in [-0.1, -0.05) is 49.2 Å². The Bertz CT molecular complexity index is 697. The van der Waals surface area contributed by atoms with E-state index in [9.17, 15) is 4.79 Å². The first-order valence-corrected chi connectivity index (χ1v) is 9.01. The van der Waals surface area contributed by atoms with Gasteiger partial charge in [-0.3, -0.25) is 0 Å². The summed E-state index contributed by atoms with van der Waals surface area (Å²) in [7, 11) is 0. The normalized spacial score (nSPS) is 21.2. The van der Waals surface area contributed by atoms with E-state index in [2.05, 4.69) is 5.32 Å². The molecule has 2 fully saturated rings. The first-order valence-electron chi connectivity index (χ1n) is 9.01. The second-order valence-electron chi connectivity index (χ2n) is 6.84. The monoisotopic (exact) mass is 324 g/mol. The molecule has 1 aliphatic heterocycles. The number of hydrogen-bond acceptors (Lipinski definition) is 3. The Labute approximate surface area is 142 Å². The van der Waals surface area contributed by atoms with Crippen molar-refractivity contribution in [2.24, 2.45) is 0 Å². The maximum absolute atomic E-state index is 13.0. The molecule has 4 rings (SSSR count). The van der Waals surface area contributed by atoms with Crippen LogP contribution in [-0.2, 0) is 0 Å². The lowest BCUT2D eigenvalue weighted by Gasteiger charge is -2.33. The summed E-state index contributed by atoms with van der Waals surface area (Å²) >= 11 is 0. The predicted molar refractivity (Wildman–Crippen MR) is 95.3 cm³/mol. The smallest absolute Gasteiger partial charge is 0.410 e. The van der Waals surface area contributed by atoms with E-state index in [1.165, 1.54) is 12.8 Å². The topological polar surface area (TPSA) is 41.6 Å². The summed E-state index contributed by atoms with van der Waals surface area (Å²) in [5.74, 6) is 0.659. The Hall–Kier alpha value is -2.07. The van der Waals surface area contributed by atoms with E-state index in [-0.39, 0.29) is 12.1 Å². The molecule has 1 unspecified atom stereocenters. The summed E-state index contributed by atoms with van der Waals surface area (Å²) in [6, 6.07) is 14.5. The zero-order valence-electron chi connectivity index (χ0n) is 13.9. The van der Waals surface area contributed by atoms with Gasteiger partial charge in [0, 0.05) is 24.0 Å². The molecule has 1 heterocycles. The number of hydrogen-bond donors (Lipinski definition) is 1. The van der Waals surface area contributed by atoms with Gasteiger partial charge in [-0.2, -0.15) is 0 Å². The molecule has 0 radical (unpaired) electrons. The maximum Gasteiger partial charge on any atom is 0.415 e. The molecular formula is C20H24N2O2. The third kappa shape index (κ3) is 2.98. The first kappa shape index (κ1) is 15.5. The number of carbonyl (C=O) groups is 1. The third-order valence-electron chi connectivity index (χ3n) is 5.30. The molecule has 4 heteroatoms. The van der Waals surface area contributed by atoms with Gasteiger partial charge in [0.2, 0.25) is 0 Å². The summed E-state index contributed by atoms with van der Waals surface area (Å²) in [5.41, 5.74) is 0. The second kappa shape index (κ2) is 6.81. The SMILES string of the molecule is O=C(Oc1cccc2ccccc12)N(C1CCCC1)C1CCNC1. The summed E-state index contributed by atoms with van der Waals surface area (Å²) < 4.78 is 5.87. The minimum absolute atomic E-state index is 0.188. The quantitative estimate of drug-likeness (QED) is 0.929. The van der Waals surface area contributed by atoms with Crippen molar-refractivity contribution in [2.45, 2.75) is 44.2 Å². The van der Waals surface area contributed by atoms with Crippen LogP contribution in [0.2, 0.25) is 0 Å². The molecule has 1 amide bonds. The molecule has 2 aromatic rings. The largest absolute Gasteiger partial charge is 0.415 e. The van der Waals surface area contributed by atoms with Crippen molar-refractivity contribution in [2.75, 3.05) is 13.1 Å². The van der Waals surface area contributed by atoms with Crippen molar-refractivity contribution in [1.29, 1.82) is 0 Å². The Morgan fingerprint density at radius 2 is 1.79 bits per heavy atom. The minimum atomic E-state index is -0.188. The van der Waals surface area contributed by atoms with Crippen LogP contribution in [0.4, 0.5) is 4.79 Å². The van der Waals surface area contributed by atoms with Crippen molar-refractivity contribution in [1.82, 2.24) is 10.2 Å². The number of nitrogens with zero attached hydrogens (tertiary/aromatic N) is 1. The van der Waals surface area contributed by atoms with Gasteiger partial charge in [0.25, 0.3) is 0 Å². The molecule has 1 N–H and O–H groups in total. The lowest BCUT2D eigenvalue weighted by atomic mass is 10.1. The fraction of sp³-hybridized carbons (Fsp3) is 0.450. The summed E-state index contributed by atoms with van der Waals surface area (Å²) in [4.78, 5) is 15.0. The number of benzene rings is 2. The number of rotatable bonds is 3. The molecule has 126 valence electrons. The van der Waals surface area contributed by atoms with Crippen LogP contribution in [0.3, 0.4) is 0 Å². The number of carbonyl (C=O) groups excluding carboxylic acids is 1. The molecule has 24 heavy (non-hydrogen) atoms. The molecule has 1 atom stereocenters. The first-order chi connectivity index (χ1) is 11.8. The highest BCUT2D eigenvalue weighted by Crippen LogP contribution is 2.30. The average Bonchev–Trinajstić information content (AvgIpc) is 3.30. The Morgan fingerprint density at radius 1 is 1.00 bits per heavy atom. The van der Waals surface area contributed by atoms with Crippen molar-refractivity contribution >= 4 is 16.9 Å². The molecule has 0 spiro atoms. The van der Waals surface area contributed by atoms with E-state index in [0.29, 0.717) is 11.8 Å². The van der Waals surface area contributed by atoms with Crippen molar-refractivity contribution in [3.05, 3.63) is 42.5 Å². The van der Waals surface area contributed by atoms with Crippen LogP contribution < -0.4 is 10.1 Å².